The van der Waals surface area contributed by atoms with Gasteiger partial charge in [0, 0.05) is 26.6 Å². The summed E-state index contributed by atoms with van der Waals surface area (Å²) in [5, 5.41) is 5.17. The van der Waals surface area contributed by atoms with Crippen LogP contribution in [0.2, 0.25) is 0 Å². The lowest BCUT2D eigenvalue weighted by Gasteiger charge is -2.37. The first kappa shape index (κ1) is 33.0. The van der Waals surface area contributed by atoms with Crippen molar-refractivity contribution in [1.29, 1.82) is 0 Å². The van der Waals surface area contributed by atoms with E-state index in [1.165, 1.54) is 31.4 Å². The van der Waals surface area contributed by atoms with Gasteiger partial charge in [0.25, 0.3) is 0 Å². The van der Waals surface area contributed by atoms with Crippen LogP contribution >= 0.6 is 0 Å². The number of hydrogen-bond acceptors (Lipinski definition) is 6. The number of halogens is 6. The topological polar surface area (TPSA) is 95.1 Å². The predicted octanol–water partition coefficient (Wildman–Crippen LogP) is 5.85. The van der Waals surface area contributed by atoms with Crippen molar-refractivity contribution in [2.45, 2.75) is 37.1 Å². The van der Waals surface area contributed by atoms with Gasteiger partial charge in [0.2, 0.25) is 0 Å². The van der Waals surface area contributed by atoms with Gasteiger partial charge in [0.05, 0.1) is 12.6 Å². The summed E-state index contributed by atoms with van der Waals surface area (Å²) in [6.45, 7) is 0.0584. The first-order valence-electron chi connectivity index (χ1n) is 12.7. The van der Waals surface area contributed by atoms with Crippen molar-refractivity contribution in [3.05, 3.63) is 95.6 Å². The normalized spacial score (nSPS) is 12.7. The van der Waals surface area contributed by atoms with Gasteiger partial charge < -0.3 is 29.6 Å². The van der Waals surface area contributed by atoms with Gasteiger partial charge >= 0.3 is 24.7 Å². The number of benzene rings is 3. The minimum atomic E-state index is -5.05. The van der Waals surface area contributed by atoms with Crippen LogP contribution in [0.15, 0.2) is 78.9 Å². The lowest BCUT2D eigenvalue weighted by molar-refractivity contribution is -0.275. The Hall–Kier alpha value is -4.46. The third kappa shape index (κ3) is 9.81. The molecule has 0 aliphatic rings. The predicted molar refractivity (Wildman–Crippen MR) is 141 cm³/mol. The van der Waals surface area contributed by atoms with E-state index in [9.17, 15) is 35.9 Å². The number of nitrogens with one attached hydrogen (secondary N) is 2. The smallest absolute Gasteiger partial charge is 0.467 e. The molecular formula is C29H28F6N2O6. The molecule has 1 atom stereocenters. The minimum Gasteiger partial charge on any atom is -0.467 e. The summed E-state index contributed by atoms with van der Waals surface area (Å²) in [4.78, 5) is 25.9. The molecule has 3 aromatic rings. The molecule has 0 bridgehead atoms. The monoisotopic (exact) mass is 614 g/mol. The lowest BCUT2D eigenvalue weighted by atomic mass is 9.77. The van der Waals surface area contributed by atoms with E-state index in [0.29, 0.717) is 5.56 Å². The fraction of sp³-hybridized carbons (Fsp3) is 0.310. The van der Waals surface area contributed by atoms with Gasteiger partial charge in [-0.3, -0.25) is 0 Å². The SMILES string of the molecule is COCC[C@@H](NC(=O)NC(Cc1ccccc1)(c1cccc(OC(F)(F)F)c1)c1cccc(OC(F)(F)F)c1)C(=O)OC. The molecule has 0 unspecified atom stereocenters. The van der Waals surface area contributed by atoms with E-state index >= 15 is 0 Å². The fourth-order valence-electron chi connectivity index (χ4n) is 4.39. The highest BCUT2D eigenvalue weighted by Crippen LogP contribution is 2.38. The summed E-state index contributed by atoms with van der Waals surface area (Å²) in [7, 11) is 2.49. The Labute approximate surface area is 242 Å². The van der Waals surface area contributed by atoms with Crippen LogP contribution in [-0.4, -0.2) is 51.6 Å². The number of methoxy groups -OCH3 is 2. The quantitative estimate of drug-likeness (QED) is 0.197. The maximum Gasteiger partial charge on any atom is 0.573 e. The Bertz CT molecular complexity index is 1310. The van der Waals surface area contributed by atoms with Gasteiger partial charge in [-0.15, -0.1) is 26.3 Å². The summed E-state index contributed by atoms with van der Waals surface area (Å²) >= 11 is 0. The number of rotatable bonds is 12. The van der Waals surface area contributed by atoms with Crippen LogP contribution in [0.4, 0.5) is 31.1 Å². The summed E-state index contributed by atoms with van der Waals surface area (Å²) < 4.78 is 96.7. The molecule has 14 heteroatoms. The first-order chi connectivity index (χ1) is 20.2. The molecule has 0 heterocycles. The van der Waals surface area contributed by atoms with Crippen LogP contribution in [0.25, 0.3) is 0 Å². The summed E-state index contributed by atoms with van der Waals surface area (Å²) in [6.07, 6.45) is -10.3. The number of hydrogen-bond donors (Lipinski definition) is 2. The molecule has 43 heavy (non-hydrogen) atoms. The standard InChI is InChI=1S/C29H28F6N2O6/c1-40-15-14-24(25(38)41-2)36-26(39)37-27(18-19-8-4-3-5-9-19,20-10-6-12-22(16-20)42-28(30,31)32)21-11-7-13-23(17-21)43-29(33,34)35/h3-13,16-17,24H,14-15,18H2,1-2H3,(H2,36,37,39)/t24-/m1/s1. The van der Waals surface area contributed by atoms with Crippen molar-refractivity contribution in [3.8, 4) is 11.5 Å². The lowest BCUT2D eigenvalue weighted by Crippen LogP contribution is -2.55. The van der Waals surface area contributed by atoms with Gasteiger partial charge in [0.15, 0.2) is 0 Å². The van der Waals surface area contributed by atoms with Crippen LogP contribution in [0.5, 0.6) is 11.5 Å². The van der Waals surface area contributed by atoms with Gasteiger partial charge in [-0.25, -0.2) is 9.59 Å². The Morgan fingerprint density at radius 3 is 1.77 bits per heavy atom. The van der Waals surface area contributed by atoms with Crippen LogP contribution in [0, 0.1) is 0 Å². The molecule has 2 N–H and O–H groups in total. The van der Waals surface area contributed by atoms with Crippen molar-refractivity contribution in [3.63, 3.8) is 0 Å². The van der Waals surface area contributed by atoms with E-state index in [1.54, 1.807) is 30.3 Å². The fourth-order valence-corrected chi connectivity index (χ4v) is 4.39. The largest absolute Gasteiger partial charge is 0.573 e. The molecule has 8 nitrogen and oxygen atoms in total. The Morgan fingerprint density at radius 2 is 1.30 bits per heavy atom. The van der Waals surface area contributed by atoms with E-state index < -0.39 is 47.8 Å². The second-order valence-electron chi connectivity index (χ2n) is 9.17. The molecule has 0 aliphatic carbocycles. The number of ether oxygens (including phenoxy) is 4. The zero-order chi connectivity index (χ0) is 31.7. The molecule has 3 aromatic carbocycles. The number of alkyl halides is 6. The number of carbonyl (C=O) groups excluding carboxylic acids is 2. The van der Waals surface area contributed by atoms with E-state index in [1.807, 2.05) is 0 Å². The molecule has 0 saturated heterocycles. The maximum atomic E-state index is 13.5. The average molecular weight is 615 g/mol. The molecular weight excluding hydrogens is 586 g/mol. The molecule has 0 spiro atoms. The van der Waals surface area contributed by atoms with Crippen molar-refractivity contribution in [2.75, 3.05) is 20.8 Å². The second-order valence-corrected chi connectivity index (χ2v) is 9.17. The molecule has 0 aliphatic heterocycles. The number of carbonyl (C=O) groups is 2. The van der Waals surface area contributed by atoms with Crippen molar-refractivity contribution >= 4 is 12.0 Å². The zero-order valence-electron chi connectivity index (χ0n) is 22.9. The summed E-state index contributed by atoms with van der Waals surface area (Å²) in [5.74, 6) is -2.08. The van der Waals surface area contributed by atoms with Gasteiger partial charge in [0.1, 0.15) is 17.5 Å². The van der Waals surface area contributed by atoms with E-state index in [2.05, 4.69) is 20.1 Å². The first-order valence-corrected chi connectivity index (χ1v) is 12.7. The molecule has 0 fully saturated rings. The number of esters is 1. The van der Waals surface area contributed by atoms with Crippen LogP contribution in [-0.2, 0) is 26.2 Å². The molecule has 2 amide bonds. The van der Waals surface area contributed by atoms with Gasteiger partial charge in [-0.1, -0.05) is 54.6 Å². The molecule has 0 saturated carbocycles. The van der Waals surface area contributed by atoms with Crippen LogP contribution < -0.4 is 20.1 Å². The maximum absolute atomic E-state index is 13.5. The Kier molecular flexibility index (Phi) is 10.9. The van der Waals surface area contributed by atoms with E-state index in [0.717, 1.165) is 31.4 Å². The van der Waals surface area contributed by atoms with Crippen molar-refractivity contribution in [1.82, 2.24) is 10.6 Å². The Balaban J connectivity index is 2.22. The third-order valence-electron chi connectivity index (χ3n) is 6.16. The second kappa shape index (κ2) is 14.1. The molecule has 0 radical (unpaired) electrons. The number of urea groups is 1. The minimum absolute atomic E-state index is 0.00605. The highest BCUT2D eigenvalue weighted by molar-refractivity contribution is 5.84. The van der Waals surface area contributed by atoms with E-state index in [-0.39, 0.29) is 30.6 Å². The van der Waals surface area contributed by atoms with Crippen molar-refractivity contribution < 1.29 is 54.9 Å². The molecule has 3 rings (SSSR count). The zero-order valence-corrected chi connectivity index (χ0v) is 22.9. The van der Waals surface area contributed by atoms with Gasteiger partial charge in [-0.05, 0) is 41.0 Å². The van der Waals surface area contributed by atoms with Gasteiger partial charge in [-0.2, -0.15) is 0 Å². The van der Waals surface area contributed by atoms with E-state index in [4.69, 9.17) is 9.47 Å². The molecule has 232 valence electrons. The van der Waals surface area contributed by atoms with Crippen LogP contribution in [0.1, 0.15) is 23.1 Å². The number of amides is 2. The molecule has 0 aromatic heterocycles. The average Bonchev–Trinajstić information content (AvgIpc) is 2.93. The summed E-state index contributed by atoms with van der Waals surface area (Å²) in [5.41, 5.74) is -1.24. The van der Waals surface area contributed by atoms with Crippen molar-refractivity contribution in [2.24, 2.45) is 0 Å². The Morgan fingerprint density at radius 1 is 0.767 bits per heavy atom. The van der Waals surface area contributed by atoms with Crippen LogP contribution in [0.3, 0.4) is 0 Å². The summed E-state index contributed by atoms with van der Waals surface area (Å²) in [6, 6.07) is 15.5. The highest BCUT2D eigenvalue weighted by Gasteiger charge is 2.40. The highest BCUT2D eigenvalue weighted by atomic mass is 19.4. The third-order valence-corrected chi connectivity index (χ3v) is 6.16.